The summed E-state index contributed by atoms with van der Waals surface area (Å²) in [6, 6.07) is 5.32. The van der Waals surface area contributed by atoms with E-state index >= 15 is 0 Å². The van der Waals surface area contributed by atoms with E-state index in [0.29, 0.717) is 11.6 Å². The predicted molar refractivity (Wildman–Crippen MR) is 89.5 cm³/mol. The Morgan fingerprint density at radius 1 is 1.35 bits per heavy atom. The number of H-pyrrole nitrogens is 1. The second-order valence-corrected chi connectivity index (χ2v) is 5.58. The Hall–Kier alpha value is -2.11. The number of nitrogens with one attached hydrogen (secondary N) is 2. The van der Waals surface area contributed by atoms with E-state index in [1.54, 1.807) is 18.2 Å². The van der Waals surface area contributed by atoms with Crippen molar-refractivity contribution in [3.8, 4) is 5.75 Å². The van der Waals surface area contributed by atoms with E-state index in [4.69, 9.17) is 4.74 Å². The SMILES string of the molecule is CCCC(CCC)C(=O)Nc1n[nH]c2ccc(OCCF)cc12. The summed E-state index contributed by atoms with van der Waals surface area (Å²) < 4.78 is 17.5. The first-order valence-corrected chi connectivity index (χ1v) is 8.17. The van der Waals surface area contributed by atoms with Crippen molar-refractivity contribution < 1.29 is 13.9 Å². The third-order valence-corrected chi connectivity index (χ3v) is 3.77. The fraction of sp³-hybridized carbons (Fsp3) is 0.529. The molecule has 0 radical (unpaired) electrons. The molecule has 1 heterocycles. The lowest BCUT2D eigenvalue weighted by Gasteiger charge is -2.14. The van der Waals surface area contributed by atoms with Crippen LogP contribution >= 0.6 is 0 Å². The van der Waals surface area contributed by atoms with E-state index in [-0.39, 0.29) is 18.4 Å². The number of ether oxygens (including phenoxy) is 1. The normalized spacial score (nSPS) is 11.1. The van der Waals surface area contributed by atoms with Gasteiger partial charge in [0.2, 0.25) is 5.91 Å². The minimum Gasteiger partial charge on any atom is -0.491 e. The van der Waals surface area contributed by atoms with Crippen LogP contribution in [0.4, 0.5) is 10.2 Å². The van der Waals surface area contributed by atoms with Crippen molar-refractivity contribution in [2.75, 3.05) is 18.6 Å². The number of fused-ring (bicyclic) bond motifs is 1. The zero-order chi connectivity index (χ0) is 16.7. The molecule has 0 unspecified atom stereocenters. The fourth-order valence-corrected chi connectivity index (χ4v) is 2.66. The van der Waals surface area contributed by atoms with Gasteiger partial charge in [-0.15, -0.1) is 0 Å². The summed E-state index contributed by atoms with van der Waals surface area (Å²) >= 11 is 0. The van der Waals surface area contributed by atoms with Crippen molar-refractivity contribution in [1.29, 1.82) is 0 Å². The molecule has 0 saturated carbocycles. The number of aromatic nitrogens is 2. The lowest BCUT2D eigenvalue weighted by atomic mass is 9.97. The molecule has 1 amide bonds. The molecular weight excluding hydrogens is 297 g/mol. The summed E-state index contributed by atoms with van der Waals surface area (Å²) in [5.41, 5.74) is 0.801. The molecule has 0 bridgehead atoms. The molecule has 6 heteroatoms. The van der Waals surface area contributed by atoms with Gasteiger partial charge in [-0.05, 0) is 31.0 Å². The second-order valence-electron chi connectivity index (χ2n) is 5.58. The smallest absolute Gasteiger partial charge is 0.228 e. The number of halogens is 1. The highest BCUT2D eigenvalue weighted by Gasteiger charge is 2.19. The standard InChI is InChI=1S/C17H24FN3O2/c1-3-5-12(6-4-2)17(22)19-16-14-11-13(23-10-9-18)7-8-15(14)20-21-16/h7-8,11-12H,3-6,9-10H2,1-2H3,(H2,19,20,21,22). The van der Waals surface area contributed by atoms with E-state index < -0.39 is 6.67 Å². The highest BCUT2D eigenvalue weighted by Crippen LogP contribution is 2.26. The number of hydrogen-bond acceptors (Lipinski definition) is 3. The number of carbonyl (C=O) groups is 1. The van der Waals surface area contributed by atoms with Crippen molar-refractivity contribution >= 4 is 22.6 Å². The number of nitrogens with zero attached hydrogens (tertiary/aromatic N) is 1. The Bertz CT molecular complexity index is 636. The highest BCUT2D eigenvalue weighted by molar-refractivity contribution is 6.00. The van der Waals surface area contributed by atoms with Gasteiger partial charge in [-0.25, -0.2) is 4.39 Å². The maximum Gasteiger partial charge on any atom is 0.228 e. The summed E-state index contributed by atoms with van der Waals surface area (Å²) in [6.45, 7) is 3.63. The van der Waals surface area contributed by atoms with Gasteiger partial charge in [-0.1, -0.05) is 26.7 Å². The van der Waals surface area contributed by atoms with Crippen LogP contribution in [0.5, 0.6) is 5.75 Å². The molecule has 2 N–H and O–H groups in total. The highest BCUT2D eigenvalue weighted by atomic mass is 19.1. The van der Waals surface area contributed by atoms with Crippen LogP contribution in [-0.2, 0) is 4.79 Å². The average molecular weight is 321 g/mol. The van der Waals surface area contributed by atoms with Gasteiger partial charge in [-0.2, -0.15) is 5.10 Å². The summed E-state index contributed by atoms with van der Waals surface area (Å²) in [5, 5.41) is 10.7. The molecule has 1 aromatic carbocycles. The molecule has 126 valence electrons. The van der Waals surface area contributed by atoms with E-state index in [2.05, 4.69) is 29.4 Å². The monoisotopic (exact) mass is 321 g/mol. The molecule has 2 aromatic rings. The molecule has 2 rings (SSSR count). The summed E-state index contributed by atoms with van der Waals surface area (Å²) in [7, 11) is 0. The Labute approximate surface area is 135 Å². The summed E-state index contributed by atoms with van der Waals surface area (Å²) in [5.74, 6) is 1.05. The third-order valence-electron chi connectivity index (χ3n) is 3.77. The van der Waals surface area contributed by atoms with Crippen molar-refractivity contribution in [1.82, 2.24) is 10.2 Å². The number of rotatable bonds is 9. The van der Waals surface area contributed by atoms with Crippen LogP contribution in [-0.4, -0.2) is 29.4 Å². The van der Waals surface area contributed by atoms with Crippen LogP contribution in [0.1, 0.15) is 39.5 Å². The minimum atomic E-state index is -0.539. The number of carbonyl (C=O) groups excluding carboxylic acids is 1. The fourth-order valence-electron chi connectivity index (χ4n) is 2.66. The van der Waals surface area contributed by atoms with Crippen LogP contribution < -0.4 is 10.1 Å². The van der Waals surface area contributed by atoms with Crippen LogP contribution in [0.15, 0.2) is 18.2 Å². The maximum atomic E-state index is 12.4. The number of benzene rings is 1. The largest absolute Gasteiger partial charge is 0.491 e. The molecule has 0 aliphatic rings. The third kappa shape index (κ3) is 4.43. The summed E-state index contributed by atoms with van der Waals surface area (Å²) in [6.07, 6.45) is 3.68. The minimum absolute atomic E-state index is 0.00252. The van der Waals surface area contributed by atoms with E-state index in [0.717, 1.165) is 36.6 Å². The molecule has 0 saturated heterocycles. The Morgan fingerprint density at radius 3 is 2.74 bits per heavy atom. The number of amides is 1. The van der Waals surface area contributed by atoms with E-state index in [1.807, 2.05) is 0 Å². The van der Waals surface area contributed by atoms with Gasteiger partial charge in [-0.3, -0.25) is 9.89 Å². The first-order chi connectivity index (χ1) is 11.2. The molecule has 0 fully saturated rings. The van der Waals surface area contributed by atoms with Gasteiger partial charge in [0.15, 0.2) is 5.82 Å². The number of anilines is 1. The van der Waals surface area contributed by atoms with Crippen molar-refractivity contribution in [2.24, 2.45) is 5.92 Å². The molecule has 23 heavy (non-hydrogen) atoms. The van der Waals surface area contributed by atoms with Gasteiger partial charge >= 0.3 is 0 Å². The van der Waals surface area contributed by atoms with E-state index in [1.165, 1.54) is 0 Å². The first-order valence-electron chi connectivity index (χ1n) is 8.17. The van der Waals surface area contributed by atoms with Gasteiger partial charge < -0.3 is 10.1 Å². The maximum absolute atomic E-state index is 12.4. The zero-order valence-corrected chi connectivity index (χ0v) is 13.7. The molecular formula is C17H24FN3O2. The van der Waals surface area contributed by atoms with Crippen molar-refractivity contribution in [2.45, 2.75) is 39.5 Å². The summed E-state index contributed by atoms with van der Waals surface area (Å²) in [4.78, 5) is 12.4. The molecule has 0 atom stereocenters. The molecule has 5 nitrogen and oxygen atoms in total. The van der Waals surface area contributed by atoms with Gasteiger partial charge in [0.25, 0.3) is 0 Å². The van der Waals surface area contributed by atoms with Crippen LogP contribution in [0.2, 0.25) is 0 Å². The average Bonchev–Trinajstić information content (AvgIpc) is 2.95. The predicted octanol–water partition coefficient (Wildman–Crippen LogP) is 4.07. The van der Waals surface area contributed by atoms with Gasteiger partial charge in [0.05, 0.1) is 5.52 Å². The van der Waals surface area contributed by atoms with Crippen molar-refractivity contribution in [3.63, 3.8) is 0 Å². The molecule has 0 spiro atoms. The van der Waals surface area contributed by atoms with Crippen molar-refractivity contribution in [3.05, 3.63) is 18.2 Å². The lowest BCUT2D eigenvalue weighted by Crippen LogP contribution is -2.23. The van der Waals surface area contributed by atoms with Crippen LogP contribution in [0, 0.1) is 5.92 Å². The van der Waals surface area contributed by atoms with E-state index in [9.17, 15) is 9.18 Å². The lowest BCUT2D eigenvalue weighted by molar-refractivity contribution is -0.120. The van der Waals surface area contributed by atoms with Gasteiger partial charge in [0, 0.05) is 11.3 Å². The zero-order valence-electron chi connectivity index (χ0n) is 13.7. The van der Waals surface area contributed by atoms with Gasteiger partial charge in [0.1, 0.15) is 19.0 Å². The Morgan fingerprint density at radius 2 is 2.09 bits per heavy atom. The second kappa shape index (κ2) is 8.50. The molecule has 0 aliphatic heterocycles. The topological polar surface area (TPSA) is 67.0 Å². The Kier molecular flexibility index (Phi) is 6.38. The van der Waals surface area contributed by atoms with Crippen LogP contribution in [0.25, 0.3) is 10.9 Å². The number of aromatic amines is 1. The molecule has 0 aliphatic carbocycles. The Balaban J connectivity index is 2.16. The first kappa shape index (κ1) is 17.2. The van der Waals surface area contributed by atoms with Crippen LogP contribution in [0.3, 0.4) is 0 Å². The number of hydrogen-bond donors (Lipinski definition) is 2. The number of alkyl halides is 1. The quantitative estimate of drug-likeness (QED) is 0.731. The molecule has 1 aromatic heterocycles.